The summed E-state index contributed by atoms with van der Waals surface area (Å²) in [5.74, 6) is 1.73. The summed E-state index contributed by atoms with van der Waals surface area (Å²) in [6.45, 7) is 12.2. The molecule has 0 aliphatic heterocycles. The number of imidazole rings is 2. The molecule has 8 aromatic rings. The van der Waals surface area contributed by atoms with Crippen molar-refractivity contribution in [1.82, 2.24) is 39.0 Å². The van der Waals surface area contributed by atoms with E-state index in [9.17, 15) is 0 Å². The van der Waals surface area contributed by atoms with Crippen molar-refractivity contribution in [3.8, 4) is 23.0 Å². The minimum absolute atomic E-state index is 0.750. The Morgan fingerprint density at radius 1 is 0.636 bits per heavy atom. The van der Waals surface area contributed by atoms with E-state index in [0.29, 0.717) is 0 Å². The van der Waals surface area contributed by atoms with E-state index in [2.05, 4.69) is 82.7 Å². The van der Waals surface area contributed by atoms with Crippen molar-refractivity contribution in [2.75, 3.05) is 0 Å². The number of hydrogen-bond donors (Lipinski definition) is 0. The molecule has 0 atom stereocenters. The molecule has 0 spiro atoms. The second-order valence-corrected chi connectivity index (χ2v) is 13.7. The van der Waals surface area contributed by atoms with Crippen LogP contribution in [0.2, 0.25) is 0 Å². The van der Waals surface area contributed by atoms with Crippen LogP contribution in [0.25, 0.3) is 73.2 Å². The lowest BCUT2D eigenvalue weighted by Gasteiger charge is -2.10. The van der Waals surface area contributed by atoms with E-state index in [1.165, 1.54) is 11.1 Å². The quantitative estimate of drug-likeness (QED) is 0.166. The number of fused-ring (bicyclic) bond motifs is 4. The Kier molecular flexibility index (Phi) is 13.4. The lowest BCUT2D eigenvalue weighted by atomic mass is 10.0. The molecule has 0 amide bonds. The van der Waals surface area contributed by atoms with Crippen LogP contribution in [-0.2, 0) is 50.1 Å². The molecule has 0 unspecified atom stereocenters. The summed E-state index contributed by atoms with van der Waals surface area (Å²) in [7, 11) is 4.00. The van der Waals surface area contributed by atoms with Gasteiger partial charge in [0.2, 0.25) is 0 Å². The Labute approximate surface area is 333 Å². The number of hydrogen-bond acceptors (Lipinski definition) is 10. The monoisotopic (exact) mass is 836 g/mol. The summed E-state index contributed by atoms with van der Waals surface area (Å²) >= 11 is 2.03. The predicted octanol–water partition coefficient (Wildman–Crippen LogP) is 8.17. The highest BCUT2D eigenvalue weighted by molar-refractivity contribution is 9.10. The van der Waals surface area contributed by atoms with Crippen molar-refractivity contribution in [1.29, 1.82) is 0 Å². The Morgan fingerprint density at radius 3 is 1.51 bits per heavy atom. The van der Waals surface area contributed by atoms with Gasteiger partial charge in [-0.3, -0.25) is 0 Å². The molecule has 280 valence electrons. The highest BCUT2D eigenvalue weighted by Crippen LogP contribution is 2.30. The van der Waals surface area contributed by atoms with Crippen molar-refractivity contribution < 1.29 is 16.8 Å². The number of pyridine rings is 4. The highest BCUT2D eigenvalue weighted by atomic mass is 79.9. The molecule has 0 aliphatic rings. The van der Waals surface area contributed by atoms with Gasteiger partial charge in [0.15, 0.2) is 22.9 Å². The van der Waals surface area contributed by atoms with Crippen molar-refractivity contribution in [2.45, 2.75) is 40.5 Å². The average Bonchev–Trinajstić information content (AvgIpc) is 3.68. The maximum Gasteiger partial charge on any atom is 0.335 e. The molecule has 0 saturated carbocycles. The van der Waals surface area contributed by atoms with Crippen LogP contribution in [0.1, 0.15) is 41.7 Å². The van der Waals surface area contributed by atoms with Gasteiger partial charge in [-0.25, -0.2) is 29.9 Å². The zero-order valence-electron chi connectivity index (χ0n) is 31.0. The second-order valence-electron chi connectivity index (χ2n) is 12.5. The van der Waals surface area contributed by atoms with Crippen molar-refractivity contribution >= 4 is 89.3 Å². The van der Waals surface area contributed by atoms with Gasteiger partial charge < -0.3 is 9.13 Å². The third-order valence-corrected chi connectivity index (χ3v) is 9.38. The third-order valence-electron chi connectivity index (χ3n) is 8.89. The molecule has 0 radical (unpaired) electrons. The van der Waals surface area contributed by atoms with Crippen LogP contribution >= 0.6 is 15.9 Å². The SMILES string of the molecule is C=Cc1ccc2nc(-c3nc4cc(C)cnc4n3C)c(CC)cc2c1.CCc1cc2cc(Br)ccc2nc1-c1nc2cc(C)cnc2n1C.O=S=O.O=S=O. The third kappa shape index (κ3) is 8.85. The summed E-state index contributed by atoms with van der Waals surface area (Å²) in [5, 5.41) is 2.27. The van der Waals surface area contributed by atoms with Gasteiger partial charge in [-0.05, 0) is 109 Å². The van der Waals surface area contributed by atoms with Crippen LogP contribution in [-0.4, -0.2) is 55.9 Å². The molecule has 8 rings (SSSR count). The van der Waals surface area contributed by atoms with E-state index >= 15 is 0 Å². The Morgan fingerprint density at radius 2 is 1.07 bits per heavy atom. The number of halogens is 1. The molecule has 0 N–H and O–H groups in total. The summed E-state index contributed by atoms with van der Waals surface area (Å²) in [6.07, 6.45) is 7.41. The average molecular weight is 838 g/mol. The van der Waals surface area contributed by atoms with E-state index in [-0.39, 0.29) is 0 Å². The zero-order chi connectivity index (χ0) is 39.8. The lowest BCUT2D eigenvalue weighted by Crippen LogP contribution is -2.00. The normalized spacial score (nSPS) is 10.6. The van der Waals surface area contributed by atoms with Gasteiger partial charge in [0.1, 0.15) is 22.4 Å². The van der Waals surface area contributed by atoms with E-state index in [4.69, 9.17) is 36.8 Å². The summed E-state index contributed by atoms with van der Waals surface area (Å²) < 4.78 is 38.3. The summed E-state index contributed by atoms with van der Waals surface area (Å²) in [4.78, 5) is 28.5. The predicted molar refractivity (Wildman–Crippen MR) is 222 cm³/mol. The van der Waals surface area contributed by atoms with E-state index < -0.39 is 23.1 Å². The van der Waals surface area contributed by atoms with Crippen molar-refractivity contribution in [3.63, 3.8) is 0 Å². The number of nitrogens with zero attached hydrogens (tertiary/aromatic N) is 8. The molecular formula is C40H37BrN8O4S2. The molecule has 0 bridgehead atoms. The van der Waals surface area contributed by atoms with Crippen molar-refractivity contribution in [3.05, 3.63) is 112 Å². The fourth-order valence-corrected chi connectivity index (χ4v) is 6.64. The molecule has 0 saturated heterocycles. The first-order valence-electron chi connectivity index (χ1n) is 17.1. The van der Waals surface area contributed by atoms with Crippen molar-refractivity contribution in [2.24, 2.45) is 14.1 Å². The second kappa shape index (κ2) is 18.1. The molecule has 2 aromatic carbocycles. The number of aromatic nitrogens is 8. The minimum Gasteiger partial charge on any atom is -0.311 e. The highest BCUT2D eigenvalue weighted by Gasteiger charge is 2.18. The molecule has 15 heteroatoms. The Hall–Kier alpha value is -5.64. The van der Waals surface area contributed by atoms with Gasteiger partial charge in [0.05, 0.1) is 11.0 Å². The Balaban J connectivity index is 0.000000185. The van der Waals surface area contributed by atoms with Gasteiger partial charge in [-0.2, -0.15) is 16.8 Å². The zero-order valence-corrected chi connectivity index (χ0v) is 34.3. The first-order chi connectivity index (χ1) is 26.5. The van der Waals surface area contributed by atoms with E-state index in [1.54, 1.807) is 0 Å². The van der Waals surface area contributed by atoms with Crippen LogP contribution in [0.4, 0.5) is 0 Å². The molecule has 6 aromatic heterocycles. The van der Waals surface area contributed by atoms with Crippen LogP contribution in [0, 0.1) is 13.8 Å². The largest absolute Gasteiger partial charge is 0.335 e. The van der Waals surface area contributed by atoms with E-state index in [0.717, 1.165) is 101 Å². The van der Waals surface area contributed by atoms with Gasteiger partial charge in [-0.15, -0.1) is 0 Å². The maximum atomic E-state index is 8.29. The van der Waals surface area contributed by atoms with Gasteiger partial charge in [-0.1, -0.05) is 48.5 Å². The Bertz CT molecular complexity index is 2780. The molecule has 55 heavy (non-hydrogen) atoms. The molecular weight excluding hydrogens is 801 g/mol. The molecule has 0 fully saturated rings. The van der Waals surface area contributed by atoms with Crippen LogP contribution < -0.4 is 0 Å². The summed E-state index contributed by atoms with van der Waals surface area (Å²) in [5.41, 5.74) is 13.1. The number of aryl methyl sites for hydroxylation is 6. The van der Waals surface area contributed by atoms with Crippen LogP contribution in [0.3, 0.4) is 0 Å². The minimum atomic E-state index is -0.750. The van der Waals surface area contributed by atoms with E-state index in [1.807, 2.05) is 79.8 Å². The molecule has 0 aliphatic carbocycles. The van der Waals surface area contributed by atoms with Crippen LogP contribution in [0.5, 0.6) is 0 Å². The number of benzene rings is 2. The molecule has 6 heterocycles. The van der Waals surface area contributed by atoms with Gasteiger partial charge >= 0.3 is 23.1 Å². The smallest absolute Gasteiger partial charge is 0.311 e. The first kappa shape index (κ1) is 40.5. The fourth-order valence-electron chi connectivity index (χ4n) is 6.26. The lowest BCUT2D eigenvalue weighted by molar-refractivity contribution is 0.628. The maximum absolute atomic E-state index is 8.29. The summed E-state index contributed by atoms with van der Waals surface area (Å²) in [6, 6.07) is 20.9. The fraction of sp³-hybridized carbons (Fsp3) is 0.200. The first-order valence-corrected chi connectivity index (χ1v) is 19.2. The van der Waals surface area contributed by atoms with Gasteiger partial charge in [0, 0.05) is 41.7 Å². The standard InChI is InChI=1S/C21H20N4.C19H17BrN4.2O2S/c1-5-14-7-8-17-16(10-14)11-15(6-2)19(23-17)21-24-18-9-13(3)12-22-20(18)25(21)4;1-4-12-8-13-9-14(20)5-6-15(13)22-17(12)19-23-16-7-11(2)10-21-18(16)24(19)3;2*1-3-2/h5,7-12H,1,6H2,2-4H3;5-10H,4H2,1-3H3;;. The van der Waals surface area contributed by atoms with Gasteiger partial charge in [0.25, 0.3) is 0 Å². The van der Waals surface area contributed by atoms with Crippen LogP contribution in [0.15, 0.2) is 84.1 Å². The molecule has 12 nitrogen and oxygen atoms in total. The number of rotatable bonds is 5. The topological polar surface area (TPSA) is 155 Å².